The molecule has 1 saturated carbocycles. The van der Waals surface area contributed by atoms with Gasteiger partial charge < -0.3 is 5.11 Å². The number of ketones is 1. The molecular weight excluding hydrogens is 128 g/mol. The minimum absolute atomic E-state index is 0.114. The Morgan fingerprint density at radius 1 is 1.70 bits per heavy atom. The van der Waals surface area contributed by atoms with Crippen LogP contribution in [-0.2, 0) is 4.79 Å². The van der Waals surface area contributed by atoms with E-state index in [-0.39, 0.29) is 17.9 Å². The van der Waals surface area contributed by atoms with Gasteiger partial charge in [0.2, 0.25) is 0 Å². The van der Waals surface area contributed by atoms with Crippen molar-refractivity contribution >= 4 is 5.78 Å². The second kappa shape index (κ2) is 2.35. The molecule has 0 aliphatic heterocycles. The molecule has 1 unspecified atom stereocenters. The van der Waals surface area contributed by atoms with Crippen LogP contribution in [0.25, 0.3) is 0 Å². The van der Waals surface area contributed by atoms with E-state index in [2.05, 4.69) is 0 Å². The highest BCUT2D eigenvalue weighted by Gasteiger charge is 2.40. The molecule has 0 aromatic heterocycles. The van der Waals surface area contributed by atoms with E-state index in [1.54, 1.807) is 0 Å². The van der Waals surface area contributed by atoms with Gasteiger partial charge in [-0.05, 0) is 11.8 Å². The van der Waals surface area contributed by atoms with E-state index in [0.717, 1.165) is 6.42 Å². The summed E-state index contributed by atoms with van der Waals surface area (Å²) < 4.78 is 0. The normalized spacial score (nSPS) is 26.3. The molecule has 1 atom stereocenters. The fraction of sp³-hybridized carbons (Fsp3) is 0.875. The first-order valence-corrected chi connectivity index (χ1v) is 3.71. The largest absolute Gasteiger partial charge is 0.396 e. The van der Waals surface area contributed by atoms with E-state index < -0.39 is 0 Å². The third-order valence-corrected chi connectivity index (χ3v) is 2.42. The molecule has 0 radical (unpaired) electrons. The summed E-state index contributed by atoms with van der Waals surface area (Å²) in [6.45, 7) is 3.99. The first-order valence-electron chi connectivity index (χ1n) is 3.71. The Labute approximate surface area is 61.2 Å². The number of aliphatic hydroxyl groups is 1. The molecule has 10 heavy (non-hydrogen) atoms. The van der Waals surface area contributed by atoms with Crippen LogP contribution >= 0.6 is 0 Å². The van der Waals surface area contributed by atoms with Gasteiger partial charge >= 0.3 is 0 Å². The van der Waals surface area contributed by atoms with Crippen LogP contribution in [0.3, 0.4) is 0 Å². The van der Waals surface area contributed by atoms with E-state index in [1.807, 2.05) is 13.8 Å². The highest BCUT2D eigenvalue weighted by molar-refractivity contribution is 5.87. The lowest BCUT2D eigenvalue weighted by atomic mass is 9.67. The molecule has 2 heteroatoms. The molecule has 58 valence electrons. The third-order valence-electron chi connectivity index (χ3n) is 2.42. The fourth-order valence-electron chi connectivity index (χ4n) is 1.34. The molecule has 0 bridgehead atoms. The maximum Gasteiger partial charge on any atom is 0.136 e. The molecule has 0 heterocycles. The van der Waals surface area contributed by atoms with Gasteiger partial charge in [-0.25, -0.2) is 0 Å². The van der Waals surface area contributed by atoms with Crippen molar-refractivity contribution in [2.75, 3.05) is 6.61 Å². The number of hydrogen-bond acceptors (Lipinski definition) is 2. The second-order valence-electron chi connectivity index (χ2n) is 3.70. The number of hydrogen-bond donors (Lipinski definition) is 1. The number of carbonyl (C=O) groups excluding carboxylic acids is 1. The number of rotatable bonds is 2. The lowest BCUT2D eigenvalue weighted by molar-refractivity contribution is -0.135. The van der Waals surface area contributed by atoms with Crippen LogP contribution in [0.15, 0.2) is 0 Å². The Balaban J connectivity index is 2.55. The van der Waals surface area contributed by atoms with Crippen LogP contribution in [0, 0.1) is 11.3 Å². The standard InChI is InChI=1S/C8H14O2/c1-8(2,5-9)6-3-4-7(6)10/h6,9H,3-5H2,1-2H3. The number of Topliss-reactive ketones (excluding diaryl/α,β-unsaturated/α-hetero) is 1. The van der Waals surface area contributed by atoms with E-state index in [9.17, 15) is 4.79 Å². The number of carbonyl (C=O) groups is 1. The zero-order chi connectivity index (χ0) is 7.78. The van der Waals surface area contributed by atoms with E-state index >= 15 is 0 Å². The highest BCUT2D eigenvalue weighted by Crippen LogP contribution is 2.38. The fourth-order valence-corrected chi connectivity index (χ4v) is 1.34. The van der Waals surface area contributed by atoms with Crippen LogP contribution in [0.2, 0.25) is 0 Å². The minimum Gasteiger partial charge on any atom is -0.396 e. The average molecular weight is 142 g/mol. The summed E-state index contributed by atoms with van der Waals surface area (Å²) in [5.41, 5.74) is -0.185. The van der Waals surface area contributed by atoms with Crippen LogP contribution < -0.4 is 0 Å². The second-order valence-corrected chi connectivity index (χ2v) is 3.70. The smallest absolute Gasteiger partial charge is 0.136 e. The summed E-state index contributed by atoms with van der Waals surface area (Å²) in [5, 5.41) is 8.90. The predicted molar refractivity (Wildman–Crippen MR) is 38.6 cm³/mol. The first-order chi connectivity index (χ1) is 4.58. The topological polar surface area (TPSA) is 37.3 Å². The van der Waals surface area contributed by atoms with Gasteiger partial charge in [-0.15, -0.1) is 0 Å². The minimum atomic E-state index is -0.185. The number of aliphatic hydroxyl groups excluding tert-OH is 1. The zero-order valence-electron chi connectivity index (χ0n) is 6.55. The monoisotopic (exact) mass is 142 g/mol. The highest BCUT2D eigenvalue weighted by atomic mass is 16.3. The Bertz CT molecular complexity index is 149. The summed E-state index contributed by atoms with van der Waals surface area (Å²) in [4.78, 5) is 10.9. The van der Waals surface area contributed by atoms with Crippen molar-refractivity contribution in [1.29, 1.82) is 0 Å². The Hall–Kier alpha value is -0.370. The van der Waals surface area contributed by atoms with E-state index in [0.29, 0.717) is 12.2 Å². The van der Waals surface area contributed by atoms with Crippen LogP contribution in [0.5, 0.6) is 0 Å². The van der Waals surface area contributed by atoms with Crippen molar-refractivity contribution in [2.24, 2.45) is 11.3 Å². The molecule has 0 aromatic carbocycles. The molecular formula is C8H14O2. The summed E-state index contributed by atoms with van der Waals surface area (Å²) in [5.74, 6) is 0.441. The summed E-state index contributed by atoms with van der Waals surface area (Å²) in [7, 11) is 0. The quantitative estimate of drug-likeness (QED) is 0.624. The molecule has 0 aromatic rings. The van der Waals surface area contributed by atoms with Crippen LogP contribution in [-0.4, -0.2) is 17.5 Å². The molecule has 0 spiro atoms. The molecule has 1 fully saturated rings. The Morgan fingerprint density at radius 3 is 2.40 bits per heavy atom. The maximum atomic E-state index is 10.9. The third kappa shape index (κ3) is 1.08. The van der Waals surface area contributed by atoms with Crippen LogP contribution in [0.1, 0.15) is 26.7 Å². The zero-order valence-corrected chi connectivity index (χ0v) is 6.55. The van der Waals surface area contributed by atoms with Gasteiger partial charge in [0.1, 0.15) is 5.78 Å². The maximum absolute atomic E-state index is 10.9. The lowest BCUT2D eigenvalue weighted by Crippen LogP contribution is -2.40. The van der Waals surface area contributed by atoms with Crippen molar-refractivity contribution in [3.63, 3.8) is 0 Å². The van der Waals surface area contributed by atoms with Crippen molar-refractivity contribution in [2.45, 2.75) is 26.7 Å². The van der Waals surface area contributed by atoms with Gasteiger partial charge in [0.15, 0.2) is 0 Å². The summed E-state index contributed by atoms with van der Waals surface area (Å²) in [6, 6.07) is 0. The molecule has 1 aliphatic carbocycles. The van der Waals surface area contributed by atoms with Gasteiger partial charge in [0, 0.05) is 18.9 Å². The Kier molecular flexibility index (Phi) is 1.82. The van der Waals surface area contributed by atoms with Gasteiger partial charge in [-0.1, -0.05) is 13.8 Å². The summed E-state index contributed by atoms with van der Waals surface area (Å²) in [6.07, 6.45) is 1.68. The predicted octanol–water partition coefficient (Wildman–Crippen LogP) is 0.984. The van der Waals surface area contributed by atoms with Gasteiger partial charge in [0.05, 0.1) is 0 Å². The molecule has 1 aliphatic rings. The lowest BCUT2D eigenvalue weighted by Gasteiger charge is -2.37. The Morgan fingerprint density at radius 2 is 2.30 bits per heavy atom. The molecule has 1 rings (SSSR count). The molecule has 0 saturated heterocycles. The van der Waals surface area contributed by atoms with Crippen molar-refractivity contribution in [1.82, 2.24) is 0 Å². The van der Waals surface area contributed by atoms with Crippen molar-refractivity contribution < 1.29 is 9.90 Å². The van der Waals surface area contributed by atoms with E-state index in [1.165, 1.54) is 0 Å². The molecule has 0 amide bonds. The molecule has 1 N–H and O–H groups in total. The molecule has 2 nitrogen and oxygen atoms in total. The summed E-state index contributed by atoms with van der Waals surface area (Å²) >= 11 is 0. The SMILES string of the molecule is CC(C)(CO)C1CCC1=O. The van der Waals surface area contributed by atoms with Crippen molar-refractivity contribution in [3.05, 3.63) is 0 Å². The first kappa shape index (κ1) is 7.73. The average Bonchev–Trinajstić information content (AvgIpc) is 1.84. The van der Waals surface area contributed by atoms with E-state index in [4.69, 9.17) is 5.11 Å². The van der Waals surface area contributed by atoms with Gasteiger partial charge in [-0.3, -0.25) is 4.79 Å². The van der Waals surface area contributed by atoms with Gasteiger partial charge in [-0.2, -0.15) is 0 Å². The van der Waals surface area contributed by atoms with Crippen LogP contribution in [0.4, 0.5) is 0 Å². The van der Waals surface area contributed by atoms with Gasteiger partial charge in [0.25, 0.3) is 0 Å². The van der Waals surface area contributed by atoms with Crippen molar-refractivity contribution in [3.8, 4) is 0 Å².